The van der Waals surface area contributed by atoms with Crippen LogP contribution >= 0.6 is 0 Å². The molecule has 1 aliphatic heterocycles. The molecule has 1 aromatic heterocycles. The van der Waals surface area contributed by atoms with Crippen LogP contribution in [0.2, 0.25) is 0 Å². The molecule has 0 bridgehead atoms. The number of carbonyl (C=O) groups is 2. The molecule has 0 radical (unpaired) electrons. The molecular formula is C14H22N4O2. The van der Waals surface area contributed by atoms with E-state index in [-0.39, 0.29) is 23.7 Å². The molecular weight excluding hydrogens is 256 g/mol. The molecule has 1 saturated heterocycles. The maximum absolute atomic E-state index is 12.1. The Morgan fingerprint density at radius 1 is 1.55 bits per heavy atom. The Labute approximate surface area is 118 Å². The predicted octanol–water partition coefficient (Wildman–Crippen LogP) is 0.384. The highest BCUT2D eigenvalue weighted by atomic mass is 16.2. The van der Waals surface area contributed by atoms with Gasteiger partial charge in [-0.05, 0) is 18.9 Å². The first-order valence-electron chi connectivity index (χ1n) is 7.06. The van der Waals surface area contributed by atoms with Gasteiger partial charge in [-0.15, -0.1) is 0 Å². The van der Waals surface area contributed by atoms with Gasteiger partial charge in [0.1, 0.15) is 6.04 Å². The summed E-state index contributed by atoms with van der Waals surface area (Å²) in [7, 11) is 1.81. The fraction of sp³-hybridized carbons (Fsp3) is 0.643. The topological polar surface area (TPSA) is 76.0 Å². The Bertz CT molecular complexity index is 505. The summed E-state index contributed by atoms with van der Waals surface area (Å²) in [5.41, 5.74) is 0.540. The third-order valence-electron chi connectivity index (χ3n) is 4.31. The Morgan fingerprint density at radius 2 is 2.25 bits per heavy atom. The second-order valence-corrected chi connectivity index (χ2v) is 5.45. The van der Waals surface area contributed by atoms with Crippen LogP contribution < -0.4 is 10.6 Å². The molecule has 1 unspecified atom stereocenters. The lowest BCUT2D eigenvalue weighted by atomic mass is 9.77. The van der Waals surface area contributed by atoms with E-state index < -0.39 is 6.04 Å². The lowest BCUT2D eigenvalue weighted by Gasteiger charge is -2.31. The van der Waals surface area contributed by atoms with Gasteiger partial charge in [-0.1, -0.05) is 13.8 Å². The first-order valence-corrected chi connectivity index (χ1v) is 7.06. The van der Waals surface area contributed by atoms with Crippen molar-refractivity contribution in [2.45, 2.75) is 39.2 Å². The molecule has 0 aliphatic carbocycles. The molecule has 1 aliphatic rings. The highest BCUT2D eigenvalue weighted by Crippen LogP contribution is 2.33. The summed E-state index contributed by atoms with van der Waals surface area (Å²) in [4.78, 5) is 24.1. The summed E-state index contributed by atoms with van der Waals surface area (Å²) in [6, 6.07) is 1.37. The number of hydrogen-bond acceptors (Lipinski definition) is 3. The average Bonchev–Trinajstić information content (AvgIpc) is 2.96. The summed E-state index contributed by atoms with van der Waals surface area (Å²) in [5.74, 6) is -0.236. The monoisotopic (exact) mass is 278 g/mol. The molecule has 1 atom stereocenters. The number of nitrogens with zero attached hydrogens (tertiary/aromatic N) is 2. The molecule has 0 spiro atoms. The van der Waals surface area contributed by atoms with Crippen LogP contribution in [0.25, 0.3) is 0 Å². The minimum Gasteiger partial charge on any atom is -0.354 e. The molecule has 110 valence electrons. The zero-order valence-corrected chi connectivity index (χ0v) is 12.3. The molecule has 6 heteroatoms. The van der Waals surface area contributed by atoms with E-state index in [1.807, 2.05) is 7.05 Å². The molecule has 2 rings (SSSR count). The Hall–Kier alpha value is -1.85. The van der Waals surface area contributed by atoms with Crippen molar-refractivity contribution in [2.24, 2.45) is 12.5 Å². The standard InChI is InChI=1S/C14H22N4O2/c1-4-14(5-2)9-15-13(20)12(14)16-11(19)8-10-6-7-18(3)17-10/h6-7,12H,4-5,8-9H2,1-3H3,(H,15,20)(H,16,19). The summed E-state index contributed by atoms with van der Waals surface area (Å²) < 4.78 is 1.66. The fourth-order valence-electron chi connectivity index (χ4n) is 2.81. The smallest absolute Gasteiger partial charge is 0.243 e. The highest BCUT2D eigenvalue weighted by molar-refractivity contribution is 5.90. The number of aromatic nitrogens is 2. The summed E-state index contributed by atoms with van der Waals surface area (Å²) in [6.45, 7) is 4.75. The number of amides is 2. The van der Waals surface area contributed by atoms with Crippen molar-refractivity contribution >= 4 is 11.8 Å². The molecule has 0 saturated carbocycles. The predicted molar refractivity (Wildman–Crippen MR) is 74.9 cm³/mol. The number of nitrogens with one attached hydrogen (secondary N) is 2. The van der Waals surface area contributed by atoms with Gasteiger partial charge in [0, 0.05) is 25.2 Å². The van der Waals surface area contributed by atoms with Gasteiger partial charge in [0.2, 0.25) is 11.8 Å². The zero-order chi connectivity index (χ0) is 14.8. The van der Waals surface area contributed by atoms with Crippen molar-refractivity contribution in [3.8, 4) is 0 Å². The van der Waals surface area contributed by atoms with Crippen LogP contribution in [-0.4, -0.2) is 34.2 Å². The van der Waals surface area contributed by atoms with Crippen molar-refractivity contribution < 1.29 is 9.59 Å². The number of hydrogen-bond donors (Lipinski definition) is 2. The number of rotatable bonds is 5. The van der Waals surface area contributed by atoms with Gasteiger partial charge in [0.05, 0.1) is 12.1 Å². The van der Waals surface area contributed by atoms with Crippen molar-refractivity contribution in [1.29, 1.82) is 0 Å². The lowest BCUT2D eigenvalue weighted by Crippen LogP contribution is -2.49. The van der Waals surface area contributed by atoms with Crippen molar-refractivity contribution in [3.63, 3.8) is 0 Å². The third-order valence-corrected chi connectivity index (χ3v) is 4.31. The van der Waals surface area contributed by atoms with Gasteiger partial charge in [-0.2, -0.15) is 5.10 Å². The lowest BCUT2D eigenvalue weighted by molar-refractivity contribution is -0.128. The van der Waals surface area contributed by atoms with Gasteiger partial charge < -0.3 is 10.6 Å². The molecule has 2 amide bonds. The Morgan fingerprint density at radius 3 is 2.80 bits per heavy atom. The first kappa shape index (κ1) is 14.6. The van der Waals surface area contributed by atoms with E-state index in [0.29, 0.717) is 12.2 Å². The minimum absolute atomic E-state index is 0.0805. The number of aryl methyl sites for hydroxylation is 1. The second kappa shape index (κ2) is 5.64. The van der Waals surface area contributed by atoms with E-state index in [1.54, 1.807) is 16.9 Å². The SMILES string of the molecule is CCC1(CC)CNC(=O)C1NC(=O)Cc1ccn(C)n1. The van der Waals surface area contributed by atoms with E-state index in [0.717, 1.165) is 12.8 Å². The fourth-order valence-corrected chi connectivity index (χ4v) is 2.81. The molecule has 6 nitrogen and oxygen atoms in total. The van der Waals surface area contributed by atoms with Gasteiger partial charge in [-0.25, -0.2) is 0 Å². The number of carbonyl (C=O) groups excluding carboxylic acids is 2. The van der Waals surface area contributed by atoms with Crippen LogP contribution in [0.4, 0.5) is 0 Å². The normalized spacial score (nSPS) is 20.8. The molecule has 1 fully saturated rings. The first-order chi connectivity index (χ1) is 9.50. The van der Waals surface area contributed by atoms with Gasteiger partial charge >= 0.3 is 0 Å². The second-order valence-electron chi connectivity index (χ2n) is 5.45. The van der Waals surface area contributed by atoms with Crippen molar-refractivity contribution in [2.75, 3.05) is 6.54 Å². The largest absolute Gasteiger partial charge is 0.354 e. The van der Waals surface area contributed by atoms with Crippen LogP contribution in [0.1, 0.15) is 32.4 Å². The molecule has 2 heterocycles. The Kier molecular flexibility index (Phi) is 4.11. The van der Waals surface area contributed by atoms with E-state index in [4.69, 9.17) is 0 Å². The minimum atomic E-state index is -0.436. The van der Waals surface area contributed by atoms with Crippen molar-refractivity contribution in [3.05, 3.63) is 18.0 Å². The van der Waals surface area contributed by atoms with Crippen LogP contribution in [0.3, 0.4) is 0 Å². The highest BCUT2D eigenvalue weighted by Gasteiger charge is 2.46. The van der Waals surface area contributed by atoms with Crippen LogP contribution in [0.5, 0.6) is 0 Å². The average molecular weight is 278 g/mol. The van der Waals surface area contributed by atoms with Gasteiger partial charge in [-0.3, -0.25) is 14.3 Å². The summed E-state index contributed by atoms with van der Waals surface area (Å²) in [6.07, 6.45) is 3.72. The maximum atomic E-state index is 12.1. The molecule has 20 heavy (non-hydrogen) atoms. The molecule has 1 aromatic rings. The van der Waals surface area contributed by atoms with E-state index in [9.17, 15) is 9.59 Å². The molecule has 2 N–H and O–H groups in total. The third kappa shape index (κ3) is 2.69. The van der Waals surface area contributed by atoms with E-state index in [2.05, 4.69) is 29.6 Å². The summed E-state index contributed by atoms with van der Waals surface area (Å²) >= 11 is 0. The van der Waals surface area contributed by atoms with Gasteiger partial charge in [0.15, 0.2) is 0 Å². The van der Waals surface area contributed by atoms with Crippen LogP contribution in [-0.2, 0) is 23.1 Å². The zero-order valence-electron chi connectivity index (χ0n) is 12.3. The maximum Gasteiger partial charge on any atom is 0.243 e. The van der Waals surface area contributed by atoms with Crippen molar-refractivity contribution in [1.82, 2.24) is 20.4 Å². The quantitative estimate of drug-likeness (QED) is 0.817. The van der Waals surface area contributed by atoms with Gasteiger partial charge in [0.25, 0.3) is 0 Å². The van der Waals surface area contributed by atoms with Crippen LogP contribution in [0, 0.1) is 5.41 Å². The van der Waals surface area contributed by atoms with Crippen LogP contribution in [0.15, 0.2) is 12.3 Å². The van der Waals surface area contributed by atoms with E-state index in [1.165, 1.54) is 0 Å². The van der Waals surface area contributed by atoms with E-state index >= 15 is 0 Å². The summed E-state index contributed by atoms with van der Waals surface area (Å²) in [5, 5.41) is 9.92. The Balaban J connectivity index is 2.03. The molecule has 0 aromatic carbocycles.